The van der Waals surface area contributed by atoms with Gasteiger partial charge in [0.25, 0.3) is 0 Å². The summed E-state index contributed by atoms with van der Waals surface area (Å²) < 4.78 is 15.8. The maximum atomic E-state index is 10.6. The van der Waals surface area contributed by atoms with Gasteiger partial charge in [0.1, 0.15) is 0 Å². The molecule has 2 rings (SSSR count). The first-order valence-corrected chi connectivity index (χ1v) is 6.34. The van der Waals surface area contributed by atoms with Gasteiger partial charge in [-0.25, -0.2) is 0 Å². The molecule has 1 aromatic carbocycles. The lowest BCUT2D eigenvalue weighted by molar-refractivity contribution is 0.0189. The summed E-state index contributed by atoms with van der Waals surface area (Å²) in [5.41, 5.74) is 6.21. The molecule has 1 aliphatic heterocycles. The van der Waals surface area contributed by atoms with E-state index in [9.17, 15) is 5.11 Å². The van der Waals surface area contributed by atoms with E-state index in [1.54, 1.807) is 26.4 Å². The monoisotopic (exact) mass is 267 g/mol. The van der Waals surface area contributed by atoms with Crippen molar-refractivity contribution in [2.24, 2.45) is 11.1 Å². The molecule has 5 nitrogen and oxygen atoms in total. The molecule has 5 heteroatoms. The Morgan fingerprint density at radius 3 is 2.63 bits per heavy atom. The van der Waals surface area contributed by atoms with Crippen LogP contribution in [0, 0.1) is 5.41 Å². The van der Waals surface area contributed by atoms with Gasteiger partial charge in [-0.1, -0.05) is 6.07 Å². The number of methoxy groups -OCH3 is 2. The van der Waals surface area contributed by atoms with Crippen LogP contribution in [-0.2, 0) is 4.74 Å². The quantitative estimate of drug-likeness (QED) is 0.835. The maximum Gasteiger partial charge on any atom is 0.161 e. The molecule has 0 saturated carbocycles. The minimum atomic E-state index is -0.667. The zero-order valence-corrected chi connectivity index (χ0v) is 11.4. The Hall–Kier alpha value is -1.30. The highest BCUT2D eigenvalue weighted by atomic mass is 16.5. The third kappa shape index (κ3) is 2.54. The van der Waals surface area contributed by atoms with Crippen LogP contribution in [0.1, 0.15) is 18.1 Å². The minimum Gasteiger partial charge on any atom is -0.493 e. The van der Waals surface area contributed by atoms with E-state index in [-0.39, 0.29) is 0 Å². The van der Waals surface area contributed by atoms with E-state index in [4.69, 9.17) is 19.9 Å². The summed E-state index contributed by atoms with van der Waals surface area (Å²) in [6, 6.07) is 5.42. The van der Waals surface area contributed by atoms with E-state index in [0.29, 0.717) is 31.3 Å². The van der Waals surface area contributed by atoms with Gasteiger partial charge in [-0.15, -0.1) is 0 Å². The molecule has 0 bridgehead atoms. The van der Waals surface area contributed by atoms with Crippen molar-refractivity contribution >= 4 is 0 Å². The predicted octanol–water partition coefficient (Wildman–Crippen LogP) is 1.10. The fraction of sp³-hybridized carbons (Fsp3) is 0.571. The lowest BCUT2D eigenvalue weighted by atomic mass is 9.78. The highest BCUT2D eigenvalue weighted by Gasteiger charge is 2.41. The second-order valence-electron chi connectivity index (χ2n) is 4.89. The normalized spacial score (nSPS) is 24.2. The van der Waals surface area contributed by atoms with Gasteiger partial charge in [0.05, 0.1) is 26.9 Å². The molecule has 1 fully saturated rings. The lowest BCUT2D eigenvalue weighted by Crippen LogP contribution is -2.37. The van der Waals surface area contributed by atoms with E-state index >= 15 is 0 Å². The summed E-state index contributed by atoms with van der Waals surface area (Å²) in [7, 11) is 3.16. The summed E-state index contributed by atoms with van der Waals surface area (Å²) in [4.78, 5) is 0. The van der Waals surface area contributed by atoms with Gasteiger partial charge in [0.2, 0.25) is 0 Å². The molecule has 0 amide bonds. The third-order valence-electron chi connectivity index (χ3n) is 3.84. The van der Waals surface area contributed by atoms with Gasteiger partial charge in [0.15, 0.2) is 11.5 Å². The molecule has 2 atom stereocenters. The van der Waals surface area contributed by atoms with E-state index in [2.05, 4.69) is 0 Å². The summed E-state index contributed by atoms with van der Waals surface area (Å²) in [5, 5.41) is 10.6. The molecular formula is C14H21NO4. The van der Waals surface area contributed by atoms with Gasteiger partial charge in [-0.05, 0) is 24.1 Å². The van der Waals surface area contributed by atoms with Crippen LogP contribution >= 0.6 is 0 Å². The summed E-state index contributed by atoms with van der Waals surface area (Å²) >= 11 is 0. The Balaban J connectivity index is 2.30. The van der Waals surface area contributed by atoms with Crippen LogP contribution in [0.15, 0.2) is 18.2 Å². The Bertz CT molecular complexity index is 429. The Morgan fingerprint density at radius 2 is 2.11 bits per heavy atom. The highest BCUT2D eigenvalue weighted by Crippen LogP contribution is 2.42. The molecule has 1 saturated heterocycles. The fourth-order valence-electron chi connectivity index (χ4n) is 2.49. The number of hydrogen-bond acceptors (Lipinski definition) is 5. The minimum absolute atomic E-state index is 0.391. The van der Waals surface area contributed by atoms with E-state index in [1.165, 1.54) is 0 Å². The molecule has 0 aliphatic carbocycles. The van der Waals surface area contributed by atoms with Gasteiger partial charge in [-0.3, -0.25) is 0 Å². The predicted molar refractivity (Wildman–Crippen MR) is 71.4 cm³/mol. The topological polar surface area (TPSA) is 73.9 Å². The summed E-state index contributed by atoms with van der Waals surface area (Å²) in [6.45, 7) is 1.52. The Kier molecular flexibility index (Phi) is 4.29. The van der Waals surface area contributed by atoms with Crippen LogP contribution in [0.2, 0.25) is 0 Å². The Labute approximate surface area is 113 Å². The molecule has 1 aliphatic rings. The number of aliphatic hydroxyl groups is 1. The zero-order valence-electron chi connectivity index (χ0n) is 11.4. The van der Waals surface area contributed by atoms with Crippen LogP contribution in [0.5, 0.6) is 11.5 Å². The summed E-state index contributed by atoms with van der Waals surface area (Å²) in [6.07, 6.45) is 0.0961. The number of rotatable bonds is 5. The zero-order chi connectivity index (χ0) is 13.9. The lowest BCUT2D eigenvalue weighted by Gasteiger charge is -2.31. The fourth-order valence-corrected chi connectivity index (χ4v) is 2.49. The van der Waals surface area contributed by atoms with Gasteiger partial charge < -0.3 is 25.1 Å². The van der Waals surface area contributed by atoms with E-state index in [0.717, 1.165) is 12.0 Å². The van der Waals surface area contributed by atoms with Crippen molar-refractivity contribution in [3.8, 4) is 11.5 Å². The average Bonchev–Trinajstić information content (AvgIpc) is 2.95. The molecule has 1 heterocycles. The number of hydrogen-bond donors (Lipinski definition) is 2. The van der Waals surface area contributed by atoms with Crippen molar-refractivity contribution in [2.75, 3.05) is 34.0 Å². The third-order valence-corrected chi connectivity index (χ3v) is 3.84. The van der Waals surface area contributed by atoms with E-state index in [1.807, 2.05) is 6.07 Å². The first-order chi connectivity index (χ1) is 9.16. The first kappa shape index (κ1) is 14.1. The number of aliphatic hydroxyl groups excluding tert-OH is 1. The Morgan fingerprint density at radius 1 is 1.37 bits per heavy atom. The molecule has 19 heavy (non-hydrogen) atoms. The second kappa shape index (κ2) is 5.77. The summed E-state index contributed by atoms with van der Waals surface area (Å²) in [5.74, 6) is 1.24. The first-order valence-electron chi connectivity index (χ1n) is 6.34. The van der Waals surface area contributed by atoms with Crippen molar-refractivity contribution in [3.63, 3.8) is 0 Å². The smallest absolute Gasteiger partial charge is 0.161 e. The molecule has 0 aromatic heterocycles. The van der Waals surface area contributed by atoms with Gasteiger partial charge >= 0.3 is 0 Å². The standard InChI is InChI=1S/C14H21NO4/c1-17-11-4-3-10(7-12(11)18-2)13(16)14(8-15)5-6-19-9-14/h3-4,7,13,16H,5-6,8-9,15H2,1-2H3. The largest absolute Gasteiger partial charge is 0.493 e. The van der Waals surface area contributed by atoms with Crippen LogP contribution in [0.3, 0.4) is 0 Å². The van der Waals surface area contributed by atoms with Crippen molar-refractivity contribution < 1.29 is 19.3 Å². The molecule has 0 spiro atoms. The van der Waals surface area contributed by atoms with Crippen LogP contribution < -0.4 is 15.2 Å². The van der Waals surface area contributed by atoms with Crippen molar-refractivity contribution in [2.45, 2.75) is 12.5 Å². The average molecular weight is 267 g/mol. The SMILES string of the molecule is COc1ccc(C(O)C2(CN)CCOC2)cc1OC. The van der Waals surface area contributed by atoms with Crippen LogP contribution in [0.25, 0.3) is 0 Å². The van der Waals surface area contributed by atoms with Crippen molar-refractivity contribution in [3.05, 3.63) is 23.8 Å². The second-order valence-corrected chi connectivity index (χ2v) is 4.89. The van der Waals surface area contributed by atoms with Gasteiger partial charge in [0, 0.05) is 18.6 Å². The highest BCUT2D eigenvalue weighted by molar-refractivity contribution is 5.44. The molecule has 106 valence electrons. The van der Waals surface area contributed by atoms with Crippen LogP contribution in [0.4, 0.5) is 0 Å². The molecular weight excluding hydrogens is 246 g/mol. The number of benzene rings is 1. The van der Waals surface area contributed by atoms with Crippen molar-refractivity contribution in [1.82, 2.24) is 0 Å². The molecule has 3 N–H and O–H groups in total. The van der Waals surface area contributed by atoms with Gasteiger partial charge in [-0.2, -0.15) is 0 Å². The van der Waals surface area contributed by atoms with Crippen LogP contribution in [-0.4, -0.2) is 39.1 Å². The number of ether oxygens (including phenoxy) is 3. The van der Waals surface area contributed by atoms with E-state index < -0.39 is 11.5 Å². The number of nitrogens with two attached hydrogens (primary N) is 1. The maximum absolute atomic E-state index is 10.6. The molecule has 0 radical (unpaired) electrons. The molecule has 1 aromatic rings. The molecule has 2 unspecified atom stereocenters. The van der Waals surface area contributed by atoms with Crippen molar-refractivity contribution in [1.29, 1.82) is 0 Å².